The Morgan fingerprint density at radius 3 is 2.22 bits per heavy atom. The summed E-state index contributed by atoms with van der Waals surface area (Å²) in [5, 5.41) is 29.4. The van der Waals surface area contributed by atoms with E-state index in [0.717, 1.165) is 0 Å². The molecule has 3 atom stereocenters. The third kappa shape index (κ3) is 16.4. The van der Waals surface area contributed by atoms with Gasteiger partial charge < -0.3 is 34.3 Å². The van der Waals surface area contributed by atoms with Crippen LogP contribution in [-0.2, 0) is 33.5 Å². The van der Waals surface area contributed by atoms with Gasteiger partial charge in [0.15, 0.2) is 6.10 Å². The Labute approximate surface area is 182 Å². The number of ether oxygens (including phenoxy) is 3. The van der Waals surface area contributed by atoms with E-state index < -0.39 is 60.4 Å². The number of rotatable bonds is 17. The molecule has 16 heteroatoms. The highest BCUT2D eigenvalue weighted by Gasteiger charge is 2.20. The van der Waals surface area contributed by atoms with Crippen molar-refractivity contribution in [2.45, 2.75) is 46.0 Å². The third-order valence-electron chi connectivity index (χ3n) is 3.50. The van der Waals surface area contributed by atoms with Gasteiger partial charge in [0.2, 0.25) is 6.29 Å². The molecule has 0 spiro atoms. The number of nitrogens with zero attached hydrogens (tertiary/aromatic N) is 2. The van der Waals surface area contributed by atoms with Crippen molar-refractivity contribution < 1.29 is 53.5 Å². The van der Waals surface area contributed by atoms with E-state index in [-0.39, 0.29) is 24.8 Å². The maximum Gasteiger partial charge on any atom is 0.410 e. The van der Waals surface area contributed by atoms with Crippen LogP contribution in [0.15, 0.2) is 0 Å². The van der Waals surface area contributed by atoms with Crippen molar-refractivity contribution in [3.8, 4) is 0 Å². The highest BCUT2D eigenvalue weighted by Crippen LogP contribution is 2.14. The molecule has 0 aromatic heterocycles. The summed E-state index contributed by atoms with van der Waals surface area (Å²) in [6.45, 7) is 3.00. The second-order valence-corrected chi connectivity index (χ2v) is 6.92. The van der Waals surface area contributed by atoms with Gasteiger partial charge in [-0.1, -0.05) is 13.8 Å². The Hall–Kier alpha value is -3.43. The maximum absolute atomic E-state index is 11.8. The Balaban J connectivity index is 4.31. The van der Waals surface area contributed by atoms with Crippen LogP contribution in [0.3, 0.4) is 0 Å². The normalized spacial score (nSPS) is 13.4. The first kappa shape index (κ1) is 28.6. The summed E-state index contributed by atoms with van der Waals surface area (Å²) >= 11 is 0. The number of esters is 1. The molecule has 0 saturated heterocycles. The van der Waals surface area contributed by atoms with E-state index in [1.807, 2.05) is 13.8 Å². The number of carbonyl (C=O) groups excluding carboxylic acids is 2. The van der Waals surface area contributed by atoms with Crippen molar-refractivity contribution in [3.05, 3.63) is 20.2 Å². The molecule has 184 valence electrons. The SMILES string of the molecule is CC(C)C[C@H](CNC(=O)OC(C)OC(=O)COCC(CO[N+](=O)[O-])O[N+](=O)[O-])CC(=O)O. The number of hydrogen-bond acceptors (Lipinski definition) is 12. The highest BCUT2D eigenvalue weighted by molar-refractivity contribution is 5.71. The van der Waals surface area contributed by atoms with Crippen LogP contribution in [0.5, 0.6) is 0 Å². The van der Waals surface area contributed by atoms with E-state index in [0.29, 0.717) is 6.42 Å². The first-order valence-corrected chi connectivity index (χ1v) is 9.41. The number of nitrogens with one attached hydrogen (secondary N) is 1. The lowest BCUT2D eigenvalue weighted by atomic mass is 9.94. The number of aliphatic carboxylic acids is 1. The van der Waals surface area contributed by atoms with Crippen molar-refractivity contribution in [3.63, 3.8) is 0 Å². The number of carboxylic acids is 1. The first-order valence-electron chi connectivity index (χ1n) is 9.41. The van der Waals surface area contributed by atoms with Crippen LogP contribution in [0.2, 0.25) is 0 Å². The van der Waals surface area contributed by atoms with E-state index in [1.54, 1.807) is 0 Å². The molecule has 0 rings (SSSR count). The van der Waals surface area contributed by atoms with Crippen LogP contribution in [0.1, 0.15) is 33.6 Å². The van der Waals surface area contributed by atoms with E-state index >= 15 is 0 Å². The Morgan fingerprint density at radius 1 is 1.03 bits per heavy atom. The molecule has 0 radical (unpaired) electrons. The Morgan fingerprint density at radius 2 is 1.69 bits per heavy atom. The standard InChI is InChI=1S/C16H27N3O13/c1-10(2)4-12(5-14(20)21)6-17-16(23)31-11(3)30-15(22)9-28-7-13(32-19(26)27)8-29-18(24)25/h10-13H,4-9H2,1-3H3,(H,17,23)(H,20,21)/t11?,12-,13?/m0/s1. The van der Waals surface area contributed by atoms with Crippen molar-refractivity contribution in [1.29, 1.82) is 0 Å². The lowest BCUT2D eigenvalue weighted by molar-refractivity contribution is -0.790. The zero-order chi connectivity index (χ0) is 24.7. The van der Waals surface area contributed by atoms with Gasteiger partial charge in [0, 0.05) is 19.9 Å². The van der Waals surface area contributed by atoms with E-state index in [9.17, 15) is 34.6 Å². The molecule has 32 heavy (non-hydrogen) atoms. The van der Waals surface area contributed by atoms with Gasteiger partial charge in [-0.2, -0.15) is 0 Å². The van der Waals surface area contributed by atoms with Gasteiger partial charge in [-0.3, -0.25) is 4.79 Å². The number of carboxylic acid groups (broad SMARTS) is 1. The number of hydrogen-bond donors (Lipinski definition) is 2. The van der Waals surface area contributed by atoms with Crippen LogP contribution in [0, 0.1) is 32.1 Å². The minimum absolute atomic E-state index is 0.0527. The molecule has 1 amide bonds. The molecular weight excluding hydrogens is 442 g/mol. The molecule has 0 aliphatic carbocycles. The van der Waals surface area contributed by atoms with Crippen LogP contribution in [0.25, 0.3) is 0 Å². The zero-order valence-corrected chi connectivity index (χ0v) is 17.8. The van der Waals surface area contributed by atoms with E-state index in [1.165, 1.54) is 6.92 Å². The Kier molecular flexibility index (Phi) is 13.7. The molecule has 0 aliphatic heterocycles. The minimum Gasteiger partial charge on any atom is -0.481 e. The average Bonchev–Trinajstić information content (AvgIpc) is 2.62. The van der Waals surface area contributed by atoms with E-state index in [4.69, 9.17) is 19.3 Å². The predicted octanol–water partition coefficient (Wildman–Crippen LogP) is 0.541. The smallest absolute Gasteiger partial charge is 0.410 e. The van der Waals surface area contributed by atoms with Crippen LogP contribution in [0.4, 0.5) is 4.79 Å². The third-order valence-corrected chi connectivity index (χ3v) is 3.50. The summed E-state index contributed by atoms with van der Waals surface area (Å²) < 4.78 is 14.4. The second-order valence-electron chi connectivity index (χ2n) is 6.92. The molecular formula is C16H27N3O13. The van der Waals surface area contributed by atoms with Crippen LogP contribution >= 0.6 is 0 Å². The maximum atomic E-state index is 11.8. The lowest BCUT2D eigenvalue weighted by Gasteiger charge is -2.19. The fourth-order valence-corrected chi connectivity index (χ4v) is 2.46. The quantitative estimate of drug-likeness (QED) is 0.129. The monoisotopic (exact) mass is 469 g/mol. The summed E-state index contributed by atoms with van der Waals surface area (Å²) in [5.41, 5.74) is 0. The van der Waals surface area contributed by atoms with Crippen molar-refractivity contribution >= 4 is 18.0 Å². The number of carbonyl (C=O) groups is 3. The summed E-state index contributed by atoms with van der Waals surface area (Å²) in [6, 6.07) is 0. The first-order chi connectivity index (χ1) is 14.9. The van der Waals surface area contributed by atoms with Crippen molar-refractivity contribution in [1.82, 2.24) is 5.32 Å². The van der Waals surface area contributed by atoms with Gasteiger partial charge in [-0.15, -0.1) is 20.2 Å². The van der Waals surface area contributed by atoms with E-state index in [2.05, 4.69) is 15.0 Å². The number of amides is 1. The van der Waals surface area contributed by atoms with Crippen molar-refractivity contribution in [2.75, 3.05) is 26.4 Å². The molecule has 2 unspecified atom stereocenters. The van der Waals surface area contributed by atoms with Crippen LogP contribution in [-0.4, -0.2) is 72.1 Å². The molecule has 0 aliphatic rings. The summed E-state index contributed by atoms with van der Waals surface area (Å²) in [4.78, 5) is 62.9. The Bertz CT molecular complexity index is 643. The second kappa shape index (κ2) is 15.4. The molecule has 0 bridgehead atoms. The van der Waals surface area contributed by atoms with Gasteiger partial charge >= 0.3 is 18.0 Å². The van der Waals surface area contributed by atoms with Crippen LogP contribution < -0.4 is 5.32 Å². The molecule has 2 N–H and O–H groups in total. The molecule has 0 fully saturated rings. The topological polar surface area (TPSA) is 216 Å². The average molecular weight is 469 g/mol. The summed E-state index contributed by atoms with van der Waals surface area (Å²) in [5.74, 6) is -2.08. The highest BCUT2D eigenvalue weighted by atomic mass is 17.0. The zero-order valence-electron chi connectivity index (χ0n) is 17.8. The molecule has 0 saturated carbocycles. The predicted molar refractivity (Wildman–Crippen MR) is 101 cm³/mol. The fourth-order valence-electron chi connectivity index (χ4n) is 2.46. The van der Waals surface area contributed by atoms with Crippen molar-refractivity contribution in [2.24, 2.45) is 11.8 Å². The molecule has 16 nitrogen and oxygen atoms in total. The summed E-state index contributed by atoms with van der Waals surface area (Å²) in [6.07, 6.45) is -3.27. The van der Waals surface area contributed by atoms with Gasteiger partial charge in [-0.05, 0) is 18.3 Å². The fraction of sp³-hybridized carbons (Fsp3) is 0.812. The summed E-state index contributed by atoms with van der Waals surface area (Å²) in [7, 11) is 0. The number of alkyl carbamates (subject to hydrolysis) is 1. The van der Waals surface area contributed by atoms with Gasteiger partial charge in [-0.25, -0.2) is 9.59 Å². The lowest BCUT2D eigenvalue weighted by Crippen LogP contribution is -2.35. The van der Waals surface area contributed by atoms with Gasteiger partial charge in [0.25, 0.3) is 10.2 Å². The minimum atomic E-state index is -1.47. The van der Waals surface area contributed by atoms with Gasteiger partial charge in [0.05, 0.1) is 6.61 Å². The molecule has 0 aromatic carbocycles. The molecule has 0 aromatic rings. The largest absolute Gasteiger partial charge is 0.481 e. The van der Waals surface area contributed by atoms with Gasteiger partial charge in [0.1, 0.15) is 13.2 Å². The molecule has 0 heterocycles.